The average Bonchev–Trinajstić information content (AvgIpc) is 2.70. The summed E-state index contributed by atoms with van der Waals surface area (Å²) in [6, 6.07) is 0. The maximum absolute atomic E-state index is 3.59. The molecule has 2 heteroatoms. The number of rotatable bonds is 1. The molecule has 0 radical (unpaired) electrons. The topological polar surface area (TPSA) is 15.3 Å². The molecule has 1 heterocycles. The van der Waals surface area contributed by atoms with Crippen molar-refractivity contribution in [3.63, 3.8) is 0 Å². The standard InChI is InChI=1S/C8H16N2/c1-2-10-6-5-9-8(7-10)3-4-8/h9H,2-7H2,1H3. The zero-order valence-electron chi connectivity index (χ0n) is 6.69. The molecular formula is C8H16N2. The van der Waals surface area contributed by atoms with Crippen LogP contribution in [0, 0.1) is 0 Å². The van der Waals surface area contributed by atoms with Crippen molar-refractivity contribution in [3.8, 4) is 0 Å². The van der Waals surface area contributed by atoms with E-state index in [1.807, 2.05) is 0 Å². The predicted octanol–water partition coefficient (Wildman–Crippen LogP) is 0.444. The molecule has 1 saturated carbocycles. The summed E-state index contributed by atoms with van der Waals surface area (Å²) in [5, 5.41) is 3.59. The van der Waals surface area contributed by atoms with Crippen LogP contribution in [0.15, 0.2) is 0 Å². The monoisotopic (exact) mass is 140 g/mol. The Morgan fingerprint density at radius 1 is 1.50 bits per heavy atom. The molecule has 0 aromatic heterocycles. The van der Waals surface area contributed by atoms with E-state index in [9.17, 15) is 0 Å². The van der Waals surface area contributed by atoms with Gasteiger partial charge in [-0.15, -0.1) is 0 Å². The summed E-state index contributed by atoms with van der Waals surface area (Å²) in [4.78, 5) is 2.55. The number of piperazine rings is 1. The first-order chi connectivity index (χ1) is 4.85. The molecular weight excluding hydrogens is 124 g/mol. The van der Waals surface area contributed by atoms with Crippen molar-refractivity contribution in [2.24, 2.45) is 0 Å². The van der Waals surface area contributed by atoms with E-state index < -0.39 is 0 Å². The van der Waals surface area contributed by atoms with Gasteiger partial charge in [-0.3, -0.25) is 0 Å². The fourth-order valence-corrected chi connectivity index (χ4v) is 1.80. The lowest BCUT2D eigenvalue weighted by Gasteiger charge is -2.32. The number of likely N-dealkylation sites (N-methyl/N-ethyl adjacent to an activating group) is 1. The molecule has 1 aliphatic carbocycles. The Kier molecular flexibility index (Phi) is 1.46. The Labute approximate surface area is 62.6 Å². The van der Waals surface area contributed by atoms with E-state index in [-0.39, 0.29) is 0 Å². The van der Waals surface area contributed by atoms with Crippen molar-refractivity contribution in [1.82, 2.24) is 10.2 Å². The normalized spacial score (nSPS) is 30.9. The van der Waals surface area contributed by atoms with E-state index in [0.717, 1.165) is 0 Å². The molecule has 1 aliphatic heterocycles. The van der Waals surface area contributed by atoms with E-state index in [0.29, 0.717) is 5.54 Å². The minimum atomic E-state index is 0.578. The van der Waals surface area contributed by atoms with Gasteiger partial charge in [0.05, 0.1) is 0 Å². The first-order valence-corrected chi connectivity index (χ1v) is 4.32. The van der Waals surface area contributed by atoms with Crippen LogP contribution in [0.25, 0.3) is 0 Å². The molecule has 2 fully saturated rings. The minimum Gasteiger partial charge on any atom is -0.309 e. The highest BCUT2D eigenvalue weighted by Gasteiger charge is 2.44. The molecule has 0 unspecified atom stereocenters. The summed E-state index contributed by atoms with van der Waals surface area (Å²) in [5.74, 6) is 0. The third-order valence-corrected chi connectivity index (χ3v) is 2.76. The summed E-state index contributed by atoms with van der Waals surface area (Å²) in [5.41, 5.74) is 0.578. The average molecular weight is 140 g/mol. The largest absolute Gasteiger partial charge is 0.309 e. The zero-order valence-corrected chi connectivity index (χ0v) is 6.69. The quantitative estimate of drug-likeness (QED) is 0.568. The lowest BCUT2D eigenvalue weighted by molar-refractivity contribution is 0.198. The molecule has 0 amide bonds. The third-order valence-electron chi connectivity index (χ3n) is 2.76. The smallest absolute Gasteiger partial charge is 0.0310 e. The highest BCUT2D eigenvalue weighted by molar-refractivity contribution is 5.06. The van der Waals surface area contributed by atoms with Gasteiger partial charge in [0.25, 0.3) is 0 Å². The fourth-order valence-electron chi connectivity index (χ4n) is 1.80. The van der Waals surface area contributed by atoms with Gasteiger partial charge in [0.2, 0.25) is 0 Å². The van der Waals surface area contributed by atoms with Crippen LogP contribution in [0.5, 0.6) is 0 Å². The maximum Gasteiger partial charge on any atom is 0.0310 e. The molecule has 58 valence electrons. The van der Waals surface area contributed by atoms with E-state index in [4.69, 9.17) is 0 Å². The highest BCUT2D eigenvalue weighted by Crippen LogP contribution is 2.37. The Bertz CT molecular complexity index is 129. The number of nitrogens with zero attached hydrogens (tertiary/aromatic N) is 1. The molecule has 1 saturated heterocycles. The van der Waals surface area contributed by atoms with Gasteiger partial charge in [0.15, 0.2) is 0 Å². The summed E-state index contributed by atoms with van der Waals surface area (Å²) >= 11 is 0. The first-order valence-electron chi connectivity index (χ1n) is 4.32. The Morgan fingerprint density at radius 3 is 2.90 bits per heavy atom. The second-order valence-corrected chi connectivity index (χ2v) is 3.58. The number of hydrogen-bond acceptors (Lipinski definition) is 2. The van der Waals surface area contributed by atoms with Crippen LogP contribution in [0.3, 0.4) is 0 Å². The molecule has 2 nitrogen and oxygen atoms in total. The van der Waals surface area contributed by atoms with Crippen LogP contribution in [0.4, 0.5) is 0 Å². The second-order valence-electron chi connectivity index (χ2n) is 3.58. The van der Waals surface area contributed by atoms with Gasteiger partial charge in [0.1, 0.15) is 0 Å². The van der Waals surface area contributed by atoms with Crippen molar-refractivity contribution in [2.45, 2.75) is 25.3 Å². The number of hydrogen-bond donors (Lipinski definition) is 1. The van der Waals surface area contributed by atoms with Crippen molar-refractivity contribution in [1.29, 1.82) is 0 Å². The van der Waals surface area contributed by atoms with Gasteiger partial charge in [-0.25, -0.2) is 0 Å². The van der Waals surface area contributed by atoms with Crippen molar-refractivity contribution in [3.05, 3.63) is 0 Å². The maximum atomic E-state index is 3.59. The Morgan fingerprint density at radius 2 is 2.30 bits per heavy atom. The Hall–Kier alpha value is -0.0800. The van der Waals surface area contributed by atoms with E-state index >= 15 is 0 Å². The van der Waals surface area contributed by atoms with E-state index in [1.165, 1.54) is 39.0 Å². The van der Waals surface area contributed by atoms with Crippen LogP contribution in [0.1, 0.15) is 19.8 Å². The van der Waals surface area contributed by atoms with Crippen LogP contribution < -0.4 is 5.32 Å². The highest BCUT2D eigenvalue weighted by atomic mass is 15.2. The molecule has 1 N–H and O–H groups in total. The van der Waals surface area contributed by atoms with Gasteiger partial charge < -0.3 is 10.2 Å². The van der Waals surface area contributed by atoms with Crippen LogP contribution in [0.2, 0.25) is 0 Å². The zero-order chi connectivity index (χ0) is 7.03. The van der Waals surface area contributed by atoms with Crippen LogP contribution in [-0.2, 0) is 0 Å². The summed E-state index contributed by atoms with van der Waals surface area (Å²) in [6.07, 6.45) is 2.81. The molecule has 0 aromatic rings. The fraction of sp³-hybridized carbons (Fsp3) is 1.00. The molecule has 2 aliphatic rings. The van der Waals surface area contributed by atoms with Gasteiger partial charge in [-0.2, -0.15) is 0 Å². The first kappa shape index (κ1) is 6.62. The molecule has 2 rings (SSSR count). The van der Waals surface area contributed by atoms with E-state index in [2.05, 4.69) is 17.1 Å². The lowest BCUT2D eigenvalue weighted by atomic mass is 10.2. The van der Waals surface area contributed by atoms with Crippen LogP contribution in [-0.4, -0.2) is 36.6 Å². The summed E-state index contributed by atoms with van der Waals surface area (Å²) in [7, 11) is 0. The molecule has 0 aromatic carbocycles. The third kappa shape index (κ3) is 1.06. The Balaban J connectivity index is 1.91. The van der Waals surface area contributed by atoms with Crippen molar-refractivity contribution in [2.75, 3.05) is 26.2 Å². The van der Waals surface area contributed by atoms with Crippen molar-refractivity contribution < 1.29 is 0 Å². The van der Waals surface area contributed by atoms with Gasteiger partial charge in [-0.05, 0) is 19.4 Å². The summed E-state index contributed by atoms with van der Waals surface area (Å²) < 4.78 is 0. The molecule has 10 heavy (non-hydrogen) atoms. The molecule has 0 atom stereocenters. The summed E-state index contributed by atoms with van der Waals surface area (Å²) in [6.45, 7) is 7.22. The van der Waals surface area contributed by atoms with Crippen LogP contribution >= 0.6 is 0 Å². The van der Waals surface area contributed by atoms with Gasteiger partial charge >= 0.3 is 0 Å². The van der Waals surface area contributed by atoms with E-state index in [1.54, 1.807) is 0 Å². The van der Waals surface area contributed by atoms with Crippen molar-refractivity contribution >= 4 is 0 Å². The number of nitrogens with one attached hydrogen (secondary N) is 1. The molecule has 1 spiro atoms. The van der Waals surface area contributed by atoms with Gasteiger partial charge in [-0.1, -0.05) is 6.92 Å². The SMILES string of the molecule is CCN1CCNC2(CC2)C1. The predicted molar refractivity (Wildman–Crippen MR) is 42.1 cm³/mol. The second kappa shape index (κ2) is 2.21. The molecule has 0 bridgehead atoms. The van der Waals surface area contributed by atoms with Gasteiger partial charge in [0, 0.05) is 25.2 Å². The minimum absolute atomic E-state index is 0.578. The lowest BCUT2D eigenvalue weighted by Crippen LogP contribution is -2.52.